The minimum Gasteiger partial charge on any atom is -0.349 e. The van der Waals surface area contributed by atoms with Gasteiger partial charge < -0.3 is 19.8 Å². The van der Waals surface area contributed by atoms with Gasteiger partial charge in [0.1, 0.15) is 11.4 Å². The zero-order chi connectivity index (χ0) is 34.2. The molecule has 0 aliphatic heterocycles. The third-order valence-electron chi connectivity index (χ3n) is 9.37. The lowest BCUT2D eigenvalue weighted by atomic mass is 10.1. The van der Waals surface area contributed by atoms with E-state index in [-0.39, 0.29) is 24.9 Å². The number of hydrogen-bond acceptors (Lipinski definition) is 4. The summed E-state index contributed by atoms with van der Waals surface area (Å²) in [5, 5.41) is 10.0. The number of aromatic nitrogens is 4. The van der Waals surface area contributed by atoms with Crippen molar-refractivity contribution in [2.24, 2.45) is 0 Å². The fourth-order valence-corrected chi connectivity index (χ4v) is 7.16. The van der Waals surface area contributed by atoms with Crippen LogP contribution in [-0.4, -0.2) is 44.0 Å². The quantitative estimate of drug-likeness (QED) is 0.157. The minimum absolute atomic E-state index is 0.247. The molecule has 2 amide bonds. The van der Waals surface area contributed by atoms with Crippen molar-refractivity contribution < 1.29 is 9.59 Å². The van der Waals surface area contributed by atoms with Gasteiger partial charge in [-0.1, -0.05) is 97.1 Å². The van der Waals surface area contributed by atoms with E-state index in [1.165, 1.54) is 11.1 Å². The Kier molecular flexibility index (Phi) is 8.04. The lowest BCUT2D eigenvalue weighted by molar-refractivity contribution is 0.0923. The SMILES string of the molecule is Cc1nc(C(=O)NCCNC(=O)c2cc3c4ccccc4n(Cc4ccccc4)c3c(C)n2)cc2c3ccccc3n(Cc3ccccc3)c12. The molecule has 0 saturated heterocycles. The number of aryl methyl sites for hydroxylation is 2. The van der Waals surface area contributed by atoms with Crippen molar-refractivity contribution in [2.45, 2.75) is 26.9 Å². The van der Waals surface area contributed by atoms with Crippen LogP contribution in [0, 0.1) is 13.8 Å². The van der Waals surface area contributed by atoms with Gasteiger partial charge in [-0.3, -0.25) is 9.59 Å². The normalized spacial score (nSPS) is 11.5. The highest BCUT2D eigenvalue weighted by Gasteiger charge is 2.19. The van der Waals surface area contributed by atoms with Crippen molar-refractivity contribution in [2.75, 3.05) is 13.1 Å². The van der Waals surface area contributed by atoms with Gasteiger partial charge in [-0.05, 0) is 49.2 Å². The predicted octanol–water partition coefficient (Wildman–Crippen LogP) is 7.57. The molecule has 0 aliphatic rings. The molecule has 8 nitrogen and oxygen atoms in total. The van der Waals surface area contributed by atoms with Crippen molar-refractivity contribution in [3.05, 3.63) is 155 Å². The number of pyridine rings is 2. The molecule has 0 unspecified atom stereocenters. The maximum Gasteiger partial charge on any atom is 0.269 e. The van der Waals surface area contributed by atoms with E-state index in [4.69, 9.17) is 9.97 Å². The summed E-state index contributed by atoms with van der Waals surface area (Å²) in [6.45, 7) is 5.80. The summed E-state index contributed by atoms with van der Waals surface area (Å²) < 4.78 is 4.54. The van der Waals surface area contributed by atoms with Gasteiger partial charge in [0.2, 0.25) is 0 Å². The van der Waals surface area contributed by atoms with Crippen molar-refractivity contribution in [3.63, 3.8) is 0 Å². The number of rotatable bonds is 9. The van der Waals surface area contributed by atoms with Gasteiger partial charge >= 0.3 is 0 Å². The van der Waals surface area contributed by atoms with E-state index in [9.17, 15) is 9.59 Å². The molecule has 246 valence electrons. The average molecular weight is 657 g/mol. The standard InChI is InChI=1S/C42H36N6O2/c1-27-39-33(31-17-9-11-19-37(31)47(39)25-29-13-5-3-6-14-29)23-35(45-27)41(49)43-21-22-44-42(50)36-24-34-32-18-10-12-20-38(32)48(40(34)28(2)46-36)26-30-15-7-4-8-16-30/h3-20,23-24H,21-22,25-26H2,1-2H3,(H,43,49)(H,44,50). The highest BCUT2D eigenvalue weighted by atomic mass is 16.2. The fourth-order valence-electron chi connectivity index (χ4n) is 7.16. The van der Waals surface area contributed by atoms with Crippen LogP contribution in [0.3, 0.4) is 0 Å². The van der Waals surface area contributed by atoms with Gasteiger partial charge in [-0.15, -0.1) is 0 Å². The Morgan fingerprint density at radius 2 is 0.900 bits per heavy atom. The van der Waals surface area contributed by atoms with E-state index < -0.39 is 0 Å². The second kappa shape index (κ2) is 13.0. The van der Waals surface area contributed by atoms with E-state index in [2.05, 4.69) is 68.3 Å². The number of nitrogens with one attached hydrogen (secondary N) is 2. The molecule has 0 radical (unpaired) electrons. The number of amides is 2. The van der Waals surface area contributed by atoms with Gasteiger partial charge in [0, 0.05) is 58.8 Å². The summed E-state index contributed by atoms with van der Waals surface area (Å²) in [6, 6.07) is 40.9. The van der Waals surface area contributed by atoms with Crippen LogP contribution >= 0.6 is 0 Å². The van der Waals surface area contributed by atoms with Crippen LogP contribution in [0.2, 0.25) is 0 Å². The molecule has 4 aromatic heterocycles. The van der Waals surface area contributed by atoms with Crippen LogP contribution in [0.15, 0.2) is 121 Å². The van der Waals surface area contributed by atoms with E-state index in [0.717, 1.165) is 55.0 Å². The number of carbonyl (C=O) groups is 2. The summed E-state index contributed by atoms with van der Waals surface area (Å²) in [5.74, 6) is -0.573. The molecule has 4 heterocycles. The molecule has 8 heteroatoms. The summed E-state index contributed by atoms with van der Waals surface area (Å²) in [6.07, 6.45) is 0. The first-order valence-electron chi connectivity index (χ1n) is 16.9. The summed E-state index contributed by atoms with van der Waals surface area (Å²) in [5.41, 5.74) is 8.88. The molecule has 4 aromatic carbocycles. The topological polar surface area (TPSA) is 93.8 Å². The van der Waals surface area contributed by atoms with Crippen molar-refractivity contribution in [1.29, 1.82) is 0 Å². The lowest BCUT2D eigenvalue weighted by Gasteiger charge is -2.11. The maximum atomic E-state index is 13.3. The summed E-state index contributed by atoms with van der Waals surface area (Å²) in [7, 11) is 0. The number of benzene rings is 4. The van der Waals surface area contributed by atoms with E-state index in [0.29, 0.717) is 24.5 Å². The number of para-hydroxylation sites is 2. The molecule has 0 spiro atoms. The number of fused-ring (bicyclic) bond motifs is 6. The zero-order valence-electron chi connectivity index (χ0n) is 28.0. The molecule has 0 atom stereocenters. The molecule has 8 aromatic rings. The Balaban J connectivity index is 0.985. The predicted molar refractivity (Wildman–Crippen MR) is 200 cm³/mol. The molecule has 8 rings (SSSR count). The maximum absolute atomic E-state index is 13.3. The van der Waals surface area contributed by atoms with Gasteiger partial charge in [0.05, 0.1) is 22.4 Å². The number of carbonyl (C=O) groups excluding carboxylic acids is 2. The Morgan fingerprint density at radius 1 is 0.520 bits per heavy atom. The third kappa shape index (κ3) is 5.64. The Hall–Kier alpha value is -6.28. The largest absolute Gasteiger partial charge is 0.349 e. The molecule has 50 heavy (non-hydrogen) atoms. The zero-order valence-corrected chi connectivity index (χ0v) is 28.0. The first-order valence-corrected chi connectivity index (χ1v) is 16.9. The van der Waals surface area contributed by atoms with Crippen LogP contribution in [0.25, 0.3) is 43.6 Å². The van der Waals surface area contributed by atoms with Gasteiger partial charge in [0.15, 0.2) is 0 Å². The lowest BCUT2D eigenvalue weighted by Crippen LogP contribution is -2.35. The smallest absolute Gasteiger partial charge is 0.269 e. The van der Waals surface area contributed by atoms with Crippen molar-refractivity contribution in [1.82, 2.24) is 29.7 Å². The first kappa shape index (κ1) is 31.0. The van der Waals surface area contributed by atoms with Gasteiger partial charge in [-0.25, -0.2) is 9.97 Å². The molecule has 0 bridgehead atoms. The second-order valence-electron chi connectivity index (χ2n) is 12.7. The van der Waals surface area contributed by atoms with Gasteiger partial charge in [-0.2, -0.15) is 0 Å². The molecular weight excluding hydrogens is 621 g/mol. The first-order chi connectivity index (χ1) is 24.5. The molecule has 0 saturated carbocycles. The van der Waals surface area contributed by atoms with E-state index in [1.54, 1.807) is 0 Å². The Bertz CT molecular complexity index is 2370. The van der Waals surface area contributed by atoms with Crippen LogP contribution in [0.5, 0.6) is 0 Å². The fraction of sp³-hybridized carbons (Fsp3) is 0.143. The molecular formula is C42H36N6O2. The second-order valence-corrected chi connectivity index (χ2v) is 12.7. The Morgan fingerprint density at radius 3 is 1.32 bits per heavy atom. The summed E-state index contributed by atoms with van der Waals surface area (Å²) in [4.78, 5) is 36.1. The third-order valence-corrected chi connectivity index (χ3v) is 9.37. The molecule has 2 N–H and O–H groups in total. The molecule has 0 fully saturated rings. The van der Waals surface area contributed by atoms with Crippen LogP contribution in [0.4, 0.5) is 0 Å². The number of hydrogen-bond donors (Lipinski definition) is 2. The van der Waals surface area contributed by atoms with Gasteiger partial charge in [0.25, 0.3) is 11.8 Å². The van der Waals surface area contributed by atoms with Crippen molar-refractivity contribution >= 4 is 55.4 Å². The summed E-state index contributed by atoms with van der Waals surface area (Å²) >= 11 is 0. The average Bonchev–Trinajstić information content (AvgIpc) is 3.63. The highest BCUT2D eigenvalue weighted by molar-refractivity contribution is 6.12. The van der Waals surface area contributed by atoms with E-state index >= 15 is 0 Å². The Labute approximate surface area is 289 Å². The van der Waals surface area contributed by atoms with Crippen LogP contribution in [0.1, 0.15) is 43.5 Å². The van der Waals surface area contributed by atoms with Crippen LogP contribution < -0.4 is 10.6 Å². The highest BCUT2D eigenvalue weighted by Crippen LogP contribution is 2.33. The number of nitrogens with zero attached hydrogens (tertiary/aromatic N) is 4. The van der Waals surface area contributed by atoms with Crippen molar-refractivity contribution in [3.8, 4) is 0 Å². The monoisotopic (exact) mass is 656 g/mol. The minimum atomic E-state index is -0.286. The molecule has 0 aliphatic carbocycles. The van der Waals surface area contributed by atoms with E-state index in [1.807, 2.05) is 86.6 Å². The van der Waals surface area contributed by atoms with Crippen LogP contribution in [-0.2, 0) is 13.1 Å².